The molecular formula is C32H38O20. The predicted molar refractivity (Wildman–Crippen MR) is 167 cm³/mol. The van der Waals surface area contributed by atoms with Gasteiger partial charge >= 0.3 is 0 Å². The smallest absolute Gasteiger partial charge is 0.239 e. The van der Waals surface area contributed by atoms with Gasteiger partial charge in [0.1, 0.15) is 89.3 Å². The van der Waals surface area contributed by atoms with E-state index in [9.17, 15) is 71.2 Å². The SMILES string of the molecule is O=c1c(O[C@@H]2O[C@H](CO)[C@@H](O)[C@@](O)([C@@H]3O[C@H](CO)[C@@H](O)[C@H](O)[C@H]3O[C@@H]3OC[C@@H](O)[C@H](O)[C@H]3O)[C@H]2O)c(-c2ccc(O)cc2)oc2cc(O)cc(O)c12. The molecule has 286 valence electrons. The van der Waals surface area contributed by atoms with Gasteiger partial charge in [-0.05, 0) is 24.3 Å². The number of aliphatic hydroxyl groups is 10. The third-order valence-electron chi connectivity index (χ3n) is 9.40. The average molecular weight is 743 g/mol. The van der Waals surface area contributed by atoms with Gasteiger partial charge in [-0.15, -0.1) is 0 Å². The van der Waals surface area contributed by atoms with Crippen LogP contribution in [-0.2, 0) is 18.9 Å². The summed E-state index contributed by atoms with van der Waals surface area (Å²) in [6.45, 7) is -2.67. The lowest BCUT2D eigenvalue weighted by Gasteiger charge is -2.55. The number of aliphatic hydroxyl groups excluding tert-OH is 9. The lowest BCUT2D eigenvalue weighted by atomic mass is 9.74. The van der Waals surface area contributed by atoms with Crippen molar-refractivity contribution in [3.05, 3.63) is 46.6 Å². The number of fused-ring (bicyclic) bond motifs is 1. The van der Waals surface area contributed by atoms with Gasteiger partial charge in [-0.3, -0.25) is 4.79 Å². The van der Waals surface area contributed by atoms with Gasteiger partial charge in [0.25, 0.3) is 0 Å². The summed E-state index contributed by atoms with van der Waals surface area (Å²) in [6.07, 6.45) is -26.4. The average Bonchev–Trinajstić information content (AvgIpc) is 3.11. The van der Waals surface area contributed by atoms with E-state index in [4.69, 9.17) is 28.1 Å². The van der Waals surface area contributed by atoms with E-state index in [-0.39, 0.29) is 16.9 Å². The minimum absolute atomic E-state index is 0.0688. The Bertz CT molecular complexity index is 1780. The van der Waals surface area contributed by atoms with Crippen LogP contribution in [0.1, 0.15) is 0 Å². The minimum Gasteiger partial charge on any atom is -0.508 e. The van der Waals surface area contributed by atoms with E-state index in [1.165, 1.54) is 24.3 Å². The van der Waals surface area contributed by atoms with Gasteiger partial charge in [0, 0.05) is 17.7 Å². The van der Waals surface area contributed by atoms with Crippen molar-refractivity contribution in [3.63, 3.8) is 0 Å². The van der Waals surface area contributed by atoms with Crippen molar-refractivity contribution in [2.24, 2.45) is 0 Å². The molecule has 3 fully saturated rings. The van der Waals surface area contributed by atoms with Crippen LogP contribution in [-0.4, -0.2) is 172 Å². The molecule has 3 aliphatic rings. The molecule has 13 N–H and O–H groups in total. The molecule has 52 heavy (non-hydrogen) atoms. The molecule has 0 saturated carbocycles. The van der Waals surface area contributed by atoms with Crippen LogP contribution < -0.4 is 10.2 Å². The van der Waals surface area contributed by atoms with Gasteiger partial charge < -0.3 is 94.5 Å². The van der Waals surface area contributed by atoms with E-state index in [0.29, 0.717) is 0 Å². The van der Waals surface area contributed by atoms with E-state index in [1.54, 1.807) is 0 Å². The second-order valence-electron chi connectivity index (χ2n) is 12.7. The number of phenolic OH excluding ortho intramolecular Hbond substituents is 3. The highest BCUT2D eigenvalue weighted by Crippen LogP contribution is 2.43. The van der Waals surface area contributed by atoms with Crippen LogP contribution in [0.3, 0.4) is 0 Å². The third kappa shape index (κ3) is 6.45. The Hall–Kier alpha value is -3.71. The monoisotopic (exact) mass is 742 g/mol. The molecule has 3 aromatic rings. The number of phenols is 3. The topological polar surface area (TPSA) is 339 Å². The first-order valence-corrected chi connectivity index (χ1v) is 15.9. The summed E-state index contributed by atoms with van der Waals surface area (Å²) in [5.74, 6) is -2.62. The van der Waals surface area contributed by atoms with Gasteiger partial charge in [-0.1, -0.05) is 0 Å². The molecule has 0 bridgehead atoms. The largest absolute Gasteiger partial charge is 0.508 e. The van der Waals surface area contributed by atoms with Crippen LogP contribution in [0.5, 0.6) is 23.0 Å². The molecule has 0 radical (unpaired) electrons. The quantitative estimate of drug-likeness (QED) is 0.103. The number of hydrogen-bond acceptors (Lipinski definition) is 20. The summed E-state index contributed by atoms with van der Waals surface area (Å²) in [7, 11) is 0. The Morgan fingerprint density at radius 3 is 2.10 bits per heavy atom. The predicted octanol–water partition coefficient (Wildman–Crippen LogP) is -4.57. The molecule has 14 atom stereocenters. The lowest BCUT2D eigenvalue weighted by molar-refractivity contribution is -0.382. The van der Waals surface area contributed by atoms with Gasteiger partial charge in [-0.25, -0.2) is 0 Å². The maximum Gasteiger partial charge on any atom is 0.239 e. The number of rotatable bonds is 8. The Morgan fingerprint density at radius 2 is 1.44 bits per heavy atom. The van der Waals surface area contributed by atoms with E-state index in [0.717, 1.165) is 12.1 Å². The highest BCUT2D eigenvalue weighted by molar-refractivity contribution is 5.88. The molecular weight excluding hydrogens is 704 g/mol. The summed E-state index contributed by atoms with van der Waals surface area (Å²) < 4.78 is 33.8. The minimum atomic E-state index is -3.18. The Labute approximate surface area is 291 Å². The van der Waals surface area contributed by atoms with E-state index in [2.05, 4.69) is 0 Å². The Morgan fingerprint density at radius 1 is 0.769 bits per heavy atom. The molecule has 0 unspecified atom stereocenters. The van der Waals surface area contributed by atoms with Crippen LogP contribution in [0.2, 0.25) is 0 Å². The molecule has 20 heteroatoms. The van der Waals surface area contributed by atoms with Crippen molar-refractivity contribution in [2.75, 3.05) is 19.8 Å². The zero-order valence-corrected chi connectivity index (χ0v) is 26.8. The molecule has 0 amide bonds. The third-order valence-corrected chi connectivity index (χ3v) is 9.40. The molecule has 0 aliphatic carbocycles. The first-order chi connectivity index (χ1) is 24.6. The Kier molecular flexibility index (Phi) is 10.7. The number of hydrogen-bond donors (Lipinski definition) is 13. The van der Waals surface area contributed by atoms with Crippen molar-refractivity contribution >= 4 is 11.0 Å². The van der Waals surface area contributed by atoms with E-state index >= 15 is 0 Å². The van der Waals surface area contributed by atoms with Crippen LogP contribution in [0.25, 0.3) is 22.3 Å². The summed E-state index contributed by atoms with van der Waals surface area (Å²) in [5.41, 5.74) is -4.55. The molecule has 0 spiro atoms. The van der Waals surface area contributed by atoms with Crippen LogP contribution >= 0.6 is 0 Å². The molecule has 4 heterocycles. The molecule has 20 nitrogen and oxygen atoms in total. The summed E-state index contributed by atoms with van der Waals surface area (Å²) in [6, 6.07) is 6.86. The second kappa shape index (κ2) is 14.6. The molecule has 3 aliphatic heterocycles. The maximum absolute atomic E-state index is 13.9. The maximum atomic E-state index is 13.9. The highest BCUT2D eigenvalue weighted by atomic mass is 16.7. The second-order valence-corrected chi connectivity index (χ2v) is 12.7. The number of ether oxygens (including phenoxy) is 5. The summed E-state index contributed by atoms with van der Waals surface area (Å²) >= 11 is 0. The lowest BCUT2D eigenvalue weighted by Crippen LogP contribution is -2.78. The van der Waals surface area contributed by atoms with E-state index in [1.807, 2.05) is 0 Å². The van der Waals surface area contributed by atoms with Crippen LogP contribution in [0.4, 0.5) is 0 Å². The fourth-order valence-electron chi connectivity index (χ4n) is 6.55. The molecule has 6 rings (SSSR count). The van der Waals surface area contributed by atoms with Gasteiger partial charge in [0.05, 0.1) is 19.8 Å². The first-order valence-electron chi connectivity index (χ1n) is 15.9. The van der Waals surface area contributed by atoms with Gasteiger partial charge in [0.2, 0.25) is 17.5 Å². The van der Waals surface area contributed by atoms with E-state index < -0.39 is 139 Å². The zero-order valence-electron chi connectivity index (χ0n) is 26.8. The van der Waals surface area contributed by atoms with Gasteiger partial charge in [-0.2, -0.15) is 0 Å². The van der Waals surface area contributed by atoms with Crippen molar-refractivity contribution in [1.29, 1.82) is 0 Å². The first kappa shape index (κ1) is 38.0. The Balaban J connectivity index is 1.44. The molecule has 2 aromatic carbocycles. The summed E-state index contributed by atoms with van der Waals surface area (Å²) in [4.78, 5) is 13.9. The molecule has 1 aromatic heterocycles. The van der Waals surface area contributed by atoms with Crippen molar-refractivity contribution in [1.82, 2.24) is 0 Å². The highest BCUT2D eigenvalue weighted by Gasteiger charge is 2.66. The normalized spacial score (nSPS) is 38.3. The van der Waals surface area contributed by atoms with Crippen molar-refractivity contribution in [3.8, 4) is 34.3 Å². The fourth-order valence-corrected chi connectivity index (χ4v) is 6.55. The van der Waals surface area contributed by atoms with Crippen molar-refractivity contribution in [2.45, 2.75) is 85.3 Å². The fraction of sp³-hybridized carbons (Fsp3) is 0.531. The zero-order chi connectivity index (χ0) is 37.8. The van der Waals surface area contributed by atoms with Crippen LogP contribution in [0, 0.1) is 0 Å². The van der Waals surface area contributed by atoms with Crippen molar-refractivity contribution < 1.29 is 94.5 Å². The summed E-state index contributed by atoms with van der Waals surface area (Å²) in [5, 5.41) is 138. The number of aromatic hydroxyl groups is 3. The molecule has 3 saturated heterocycles. The van der Waals surface area contributed by atoms with Crippen LogP contribution in [0.15, 0.2) is 45.6 Å². The standard InChI is InChI=1S/C32H38O20/c33-7-16-20(40)22(42)26(52-30-23(43)19(39)14(38)9-47-30)29(49-16)32(46)27(44)17(8-34)50-31(28(32)45)51-25-21(41)18-13(37)5-12(36)6-15(18)48-24(25)10-1-3-11(35)4-2-10/h1-6,14,16-17,19-20,22-23,26-31,33-40,42-46H,7-9H2/t14-,16-,17-,19+,20-,22+,23-,26-,27-,28+,29-,30+,31+,32+/m1/s1. The number of benzene rings is 2. The van der Waals surface area contributed by atoms with Gasteiger partial charge in [0.15, 0.2) is 23.8 Å².